The Bertz CT molecular complexity index is 3540. The van der Waals surface area contributed by atoms with Gasteiger partial charge in [0.05, 0.1) is 0 Å². The Balaban J connectivity index is 1.05. The maximum atomic E-state index is 7.36. The van der Waals surface area contributed by atoms with Crippen LogP contribution in [0.5, 0.6) is 0 Å². The summed E-state index contributed by atoms with van der Waals surface area (Å²) in [6.45, 7) is 0. The van der Waals surface area contributed by atoms with Gasteiger partial charge in [-0.25, -0.2) is 0 Å². The molecular formula is C64H43NO. The third kappa shape index (κ3) is 7.12. The van der Waals surface area contributed by atoms with Crippen LogP contribution in [0.4, 0.5) is 17.1 Å². The Kier molecular flexibility index (Phi) is 9.89. The molecule has 0 aliphatic carbocycles. The zero-order valence-electron chi connectivity index (χ0n) is 36.2. The van der Waals surface area contributed by atoms with Crippen molar-refractivity contribution in [2.45, 2.75) is 0 Å². The molecule has 0 unspecified atom stereocenters. The van der Waals surface area contributed by atoms with Crippen LogP contribution in [0, 0.1) is 0 Å². The molecule has 0 bridgehead atoms. The molecule has 12 aromatic rings. The first kappa shape index (κ1) is 38.9. The summed E-state index contributed by atoms with van der Waals surface area (Å²) < 4.78 is 7.36. The van der Waals surface area contributed by atoms with E-state index in [1.165, 1.54) is 55.1 Å². The van der Waals surface area contributed by atoms with E-state index in [-0.39, 0.29) is 0 Å². The van der Waals surface area contributed by atoms with Crippen LogP contribution in [0.3, 0.4) is 0 Å². The summed E-state index contributed by atoms with van der Waals surface area (Å²) in [6, 6.07) is 93.5. The molecule has 0 amide bonds. The van der Waals surface area contributed by atoms with Crippen molar-refractivity contribution in [1.82, 2.24) is 0 Å². The topological polar surface area (TPSA) is 16.4 Å². The number of hydrogen-bond donors (Lipinski definition) is 0. The lowest BCUT2D eigenvalue weighted by Gasteiger charge is -2.26. The Hall–Kier alpha value is -8.72. The summed E-state index contributed by atoms with van der Waals surface area (Å²) >= 11 is 0. The average Bonchev–Trinajstić information content (AvgIpc) is 3.82. The van der Waals surface area contributed by atoms with Crippen molar-refractivity contribution in [3.63, 3.8) is 0 Å². The fourth-order valence-electron chi connectivity index (χ4n) is 9.61. The minimum atomic E-state index is 0.845. The average molecular weight is 842 g/mol. The molecule has 12 rings (SSSR count). The van der Waals surface area contributed by atoms with Crippen molar-refractivity contribution in [1.29, 1.82) is 0 Å². The summed E-state index contributed by atoms with van der Waals surface area (Å²) in [4.78, 5) is 2.33. The van der Waals surface area contributed by atoms with Gasteiger partial charge in [-0.15, -0.1) is 0 Å². The highest BCUT2D eigenvalue weighted by Crippen LogP contribution is 2.49. The van der Waals surface area contributed by atoms with E-state index in [1.807, 2.05) is 0 Å². The monoisotopic (exact) mass is 841 g/mol. The number of anilines is 3. The van der Waals surface area contributed by atoms with Gasteiger partial charge < -0.3 is 9.32 Å². The van der Waals surface area contributed by atoms with Gasteiger partial charge in [-0.1, -0.05) is 200 Å². The summed E-state index contributed by atoms with van der Waals surface area (Å²) in [5.41, 5.74) is 16.7. The molecule has 2 heteroatoms. The van der Waals surface area contributed by atoms with Crippen LogP contribution < -0.4 is 4.90 Å². The van der Waals surface area contributed by atoms with Crippen molar-refractivity contribution >= 4 is 49.6 Å². The Labute approximate surface area is 384 Å². The van der Waals surface area contributed by atoms with E-state index in [1.54, 1.807) is 0 Å². The lowest BCUT2D eigenvalue weighted by Crippen LogP contribution is -2.09. The van der Waals surface area contributed by atoms with Crippen LogP contribution in [0.2, 0.25) is 0 Å². The maximum absolute atomic E-state index is 7.36. The van der Waals surface area contributed by atoms with Crippen molar-refractivity contribution < 1.29 is 4.42 Å². The number of rotatable bonds is 9. The van der Waals surface area contributed by atoms with Crippen LogP contribution in [-0.2, 0) is 0 Å². The van der Waals surface area contributed by atoms with E-state index in [9.17, 15) is 0 Å². The highest BCUT2D eigenvalue weighted by Gasteiger charge is 2.24. The second-order valence-corrected chi connectivity index (χ2v) is 16.8. The number of nitrogens with zero attached hydrogens (tertiary/aromatic N) is 1. The molecule has 11 aromatic carbocycles. The highest BCUT2D eigenvalue weighted by atomic mass is 16.3. The van der Waals surface area contributed by atoms with Gasteiger partial charge in [-0.3, -0.25) is 0 Å². The quantitative estimate of drug-likeness (QED) is 0.135. The molecule has 1 heterocycles. The molecule has 0 radical (unpaired) electrons. The van der Waals surface area contributed by atoms with E-state index in [4.69, 9.17) is 4.42 Å². The van der Waals surface area contributed by atoms with Gasteiger partial charge in [0, 0.05) is 39.0 Å². The van der Waals surface area contributed by atoms with Gasteiger partial charge in [0.1, 0.15) is 11.3 Å². The normalized spacial score (nSPS) is 11.3. The van der Waals surface area contributed by atoms with Crippen molar-refractivity contribution in [2.24, 2.45) is 0 Å². The standard InChI is InChI=1S/C64H43NO/c1-6-16-44(17-7-1)48-26-34-54(35-27-48)65(55-36-28-49(29-37-55)45-18-8-2-9-19-45)56-38-30-51(31-39-56)63-61(50-24-14-5-15-25-50)62-59-42-52(46-20-10-3-11-21-46)32-40-57(59)58-41-33-53(43-60(58)64(62)66-63)47-22-12-4-13-23-47/h1-43H. The third-order valence-corrected chi connectivity index (χ3v) is 12.9. The van der Waals surface area contributed by atoms with Crippen LogP contribution in [-0.4, -0.2) is 0 Å². The van der Waals surface area contributed by atoms with E-state index in [0.29, 0.717) is 0 Å². The molecule has 1 aromatic heterocycles. The van der Waals surface area contributed by atoms with Crippen molar-refractivity contribution in [3.05, 3.63) is 261 Å². The van der Waals surface area contributed by atoms with Gasteiger partial charge in [0.25, 0.3) is 0 Å². The first-order valence-electron chi connectivity index (χ1n) is 22.6. The summed E-state index contributed by atoms with van der Waals surface area (Å²) in [5.74, 6) is 0.845. The predicted octanol–water partition coefficient (Wildman–Crippen LogP) is 18.2. The molecule has 0 saturated carbocycles. The van der Waals surface area contributed by atoms with E-state index >= 15 is 0 Å². The molecule has 0 saturated heterocycles. The second-order valence-electron chi connectivity index (χ2n) is 16.8. The molecule has 310 valence electrons. The molecule has 0 N–H and O–H groups in total. The summed E-state index contributed by atoms with van der Waals surface area (Å²) in [5, 5.41) is 5.74. The number of fused-ring (bicyclic) bond motifs is 6. The SMILES string of the molecule is c1ccc(-c2ccc(N(c3ccc(-c4ccccc4)cc3)c3ccc(-c4oc5c6cc(-c7ccccc7)ccc6c6ccc(-c7ccccc7)cc6c5c4-c4ccccc4)cc3)cc2)cc1. The van der Waals surface area contributed by atoms with Crippen LogP contribution in [0.25, 0.3) is 99.5 Å². The number of benzene rings is 11. The third-order valence-electron chi connectivity index (χ3n) is 12.9. The van der Waals surface area contributed by atoms with Gasteiger partial charge in [-0.2, -0.15) is 0 Å². The molecule has 0 spiro atoms. The molecule has 0 aliphatic rings. The van der Waals surface area contributed by atoms with Crippen molar-refractivity contribution in [2.75, 3.05) is 4.90 Å². The van der Waals surface area contributed by atoms with Gasteiger partial charge in [-0.05, 0) is 127 Å². The first-order valence-corrected chi connectivity index (χ1v) is 22.6. The lowest BCUT2D eigenvalue weighted by atomic mass is 9.89. The Morgan fingerprint density at radius 1 is 0.242 bits per heavy atom. The van der Waals surface area contributed by atoms with Crippen LogP contribution in [0.1, 0.15) is 0 Å². The molecule has 0 atom stereocenters. The van der Waals surface area contributed by atoms with Crippen molar-refractivity contribution in [3.8, 4) is 67.0 Å². The van der Waals surface area contributed by atoms with Crippen LogP contribution in [0.15, 0.2) is 265 Å². The number of hydrogen-bond acceptors (Lipinski definition) is 2. The Morgan fingerprint density at radius 2 is 0.561 bits per heavy atom. The van der Waals surface area contributed by atoms with E-state index < -0.39 is 0 Å². The minimum absolute atomic E-state index is 0.845. The second kappa shape index (κ2) is 16.8. The predicted molar refractivity (Wildman–Crippen MR) is 279 cm³/mol. The van der Waals surface area contributed by atoms with E-state index in [2.05, 4.69) is 266 Å². The summed E-state index contributed by atoms with van der Waals surface area (Å²) in [7, 11) is 0. The summed E-state index contributed by atoms with van der Waals surface area (Å²) in [6.07, 6.45) is 0. The molecule has 66 heavy (non-hydrogen) atoms. The first-order chi connectivity index (χ1) is 32.7. The minimum Gasteiger partial charge on any atom is -0.455 e. The molecule has 2 nitrogen and oxygen atoms in total. The smallest absolute Gasteiger partial charge is 0.143 e. The number of furan rings is 1. The molecule has 0 fully saturated rings. The molecular weight excluding hydrogens is 799 g/mol. The zero-order chi connectivity index (χ0) is 43.8. The van der Waals surface area contributed by atoms with Gasteiger partial charge in [0.2, 0.25) is 0 Å². The zero-order valence-corrected chi connectivity index (χ0v) is 36.2. The fourth-order valence-corrected chi connectivity index (χ4v) is 9.61. The maximum Gasteiger partial charge on any atom is 0.143 e. The van der Waals surface area contributed by atoms with Gasteiger partial charge >= 0.3 is 0 Å². The Morgan fingerprint density at radius 3 is 0.985 bits per heavy atom. The largest absolute Gasteiger partial charge is 0.455 e. The lowest BCUT2D eigenvalue weighted by molar-refractivity contribution is 0.636. The fraction of sp³-hybridized carbons (Fsp3) is 0. The highest BCUT2D eigenvalue weighted by molar-refractivity contribution is 6.29. The van der Waals surface area contributed by atoms with Gasteiger partial charge in [0.15, 0.2) is 0 Å². The van der Waals surface area contributed by atoms with E-state index in [0.717, 1.165) is 61.4 Å². The van der Waals surface area contributed by atoms with Crippen LogP contribution >= 0.6 is 0 Å². The molecule has 0 aliphatic heterocycles.